The molecule has 1 heterocycles. The first-order chi connectivity index (χ1) is 8.74. The summed E-state index contributed by atoms with van der Waals surface area (Å²) >= 11 is 3.66. The molecule has 1 saturated heterocycles. The zero-order chi connectivity index (χ0) is 13.0. The van der Waals surface area contributed by atoms with Gasteiger partial charge in [-0.15, -0.1) is 0 Å². The van der Waals surface area contributed by atoms with Crippen LogP contribution in [0.1, 0.15) is 18.5 Å². The summed E-state index contributed by atoms with van der Waals surface area (Å²) in [5.41, 5.74) is 0.194. The monoisotopic (exact) mass is 289 g/mol. The highest BCUT2D eigenvalue weighted by atomic mass is 32.2. The third-order valence-electron chi connectivity index (χ3n) is 2.95. The largest absolute Gasteiger partial charge is 0.309 e. The minimum Gasteiger partial charge on any atom is -0.309 e. The van der Waals surface area contributed by atoms with Crippen molar-refractivity contribution < 1.29 is 8.78 Å². The van der Waals surface area contributed by atoms with E-state index in [1.165, 1.54) is 18.2 Å². The first-order valence-electron chi connectivity index (χ1n) is 6.10. The summed E-state index contributed by atoms with van der Waals surface area (Å²) in [6.07, 6.45) is 0. The number of halogens is 2. The van der Waals surface area contributed by atoms with Crippen molar-refractivity contribution in [1.82, 2.24) is 5.32 Å². The molecule has 1 aliphatic rings. The molecule has 1 aliphatic heterocycles. The summed E-state index contributed by atoms with van der Waals surface area (Å²) in [5, 5.41) is 3.47. The molecule has 1 aromatic carbocycles. The first-order valence-corrected chi connectivity index (χ1v) is 8.31. The molecule has 0 aliphatic carbocycles. The van der Waals surface area contributed by atoms with E-state index >= 15 is 0 Å². The Kier molecular flexibility index (Phi) is 5.33. The minimum absolute atomic E-state index is 0.194. The third kappa shape index (κ3) is 3.19. The highest BCUT2D eigenvalue weighted by molar-refractivity contribution is 8.06. The fourth-order valence-electron chi connectivity index (χ4n) is 2.15. The predicted octanol–water partition coefficient (Wildman–Crippen LogP) is 3.46. The van der Waals surface area contributed by atoms with E-state index in [-0.39, 0.29) is 16.9 Å². The van der Waals surface area contributed by atoms with Crippen molar-refractivity contribution in [3.8, 4) is 0 Å². The first kappa shape index (κ1) is 14.2. The van der Waals surface area contributed by atoms with Gasteiger partial charge in [-0.2, -0.15) is 23.5 Å². The van der Waals surface area contributed by atoms with Gasteiger partial charge in [0.15, 0.2) is 0 Å². The van der Waals surface area contributed by atoms with E-state index in [1.807, 2.05) is 18.7 Å². The van der Waals surface area contributed by atoms with E-state index in [4.69, 9.17) is 0 Å². The van der Waals surface area contributed by atoms with Crippen molar-refractivity contribution in [2.45, 2.75) is 18.2 Å². The smallest absolute Gasteiger partial charge is 0.130 e. The molecular weight excluding hydrogens is 272 g/mol. The Morgan fingerprint density at radius 2 is 2.06 bits per heavy atom. The van der Waals surface area contributed by atoms with Gasteiger partial charge in [-0.3, -0.25) is 0 Å². The van der Waals surface area contributed by atoms with Crippen LogP contribution in [0.4, 0.5) is 8.78 Å². The lowest BCUT2D eigenvalue weighted by Gasteiger charge is -2.30. The normalized spacial score (nSPS) is 21.8. The molecule has 18 heavy (non-hydrogen) atoms. The molecule has 1 aromatic rings. The third-order valence-corrected chi connectivity index (χ3v) is 5.81. The summed E-state index contributed by atoms with van der Waals surface area (Å²) in [6, 6.07) is 3.85. The molecule has 0 radical (unpaired) electrons. The summed E-state index contributed by atoms with van der Waals surface area (Å²) in [6.45, 7) is 2.67. The van der Waals surface area contributed by atoms with E-state index in [0.717, 1.165) is 17.3 Å². The molecule has 5 heteroatoms. The Hall–Kier alpha value is -0.260. The topological polar surface area (TPSA) is 12.0 Å². The van der Waals surface area contributed by atoms with Crippen LogP contribution < -0.4 is 5.32 Å². The van der Waals surface area contributed by atoms with Gasteiger partial charge in [0.2, 0.25) is 0 Å². The van der Waals surface area contributed by atoms with Crippen molar-refractivity contribution in [3.63, 3.8) is 0 Å². The molecule has 1 nitrogen and oxygen atoms in total. The Balaban J connectivity index is 2.28. The van der Waals surface area contributed by atoms with Gasteiger partial charge in [0, 0.05) is 28.1 Å². The Morgan fingerprint density at radius 3 is 2.61 bits per heavy atom. The number of hydrogen-bond donors (Lipinski definition) is 1. The average Bonchev–Trinajstić information content (AvgIpc) is 2.38. The maximum atomic E-state index is 13.9. The van der Waals surface area contributed by atoms with E-state index in [9.17, 15) is 8.78 Å². The maximum Gasteiger partial charge on any atom is 0.130 e. The van der Waals surface area contributed by atoms with Crippen LogP contribution in [0.2, 0.25) is 0 Å². The Bertz CT molecular complexity index is 374. The highest BCUT2D eigenvalue weighted by Crippen LogP contribution is 2.35. The molecule has 2 unspecified atom stereocenters. The Labute approximate surface area is 115 Å². The number of nitrogens with one attached hydrogen (secondary N) is 1. The summed E-state index contributed by atoms with van der Waals surface area (Å²) in [5.74, 6) is 2.22. The van der Waals surface area contributed by atoms with Gasteiger partial charge in [0.1, 0.15) is 11.6 Å². The van der Waals surface area contributed by atoms with Crippen LogP contribution in [0.15, 0.2) is 18.2 Å². The molecule has 1 N–H and O–H groups in total. The molecule has 0 spiro atoms. The molecule has 0 saturated carbocycles. The van der Waals surface area contributed by atoms with Gasteiger partial charge in [-0.1, -0.05) is 13.0 Å². The molecule has 1 fully saturated rings. The molecule has 0 aromatic heterocycles. The summed E-state index contributed by atoms with van der Waals surface area (Å²) < 4.78 is 27.8. The zero-order valence-electron chi connectivity index (χ0n) is 10.3. The van der Waals surface area contributed by atoms with E-state index < -0.39 is 11.6 Å². The molecule has 0 bridgehead atoms. The standard InChI is InChI=1S/C13H17F2NS2/c1-2-16-13(11-8-17-6-7-18-11)12-9(14)4-3-5-10(12)15/h3-5,11,13,16H,2,6-8H2,1H3. The number of benzene rings is 1. The van der Waals surface area contributed by atoms with Gasteiger partial charge in [-0.25, -0.2) is 8.78 Å². The lowest BCUT2D eigenvalue weighted by Crippen LogP contribution is -2.35. The van der Waals surface area contributed by atoms with Crippen LogP contribution in [0.5, 0.6) is 0 Å². The molecule has 100 valence electrons. The van der Waals surface area contributed by atoms with Crippen LogP contribution in [-0.4, -0.2) is 29.1 Å². The minimum atomic E-state index is -0.447. The van der Waals surface area contributed by atoms with Crippen LogP contribution in [0.3, 0.4) is 0 Å². The van der Waals surface area contributed by atoms with E-state index in [2.05, 4.69) is 5.32 Å². The van der Waals surface area contributed by atoms with E-state index in [0.29, 0.717) is 6.54 Å². The van der Waals surface area contributed by atoms with Gasteiger partial charge < -0.3 is 5.32 Å². The quantitative estimate of drug-likeness (QED) is 0.911. The van der Waals surface area contributed by atoms with Gasteiger partial charge >= 0.3 is 0 Å². The number of hydrogen-bond acceptors (Lipinski definition) is 3. The van der Waals surface area contributed by atoms with Crippen LogP contribution in [-0.2, 0) is 0 Å². The number of rotatable bonds is 4. The van der Waals surface area contributed by atoms with Crippen molar-refractivity contribution in [3.05, 3.63) is 35.4 Å². The Morgan fingerprint density at radius 1 is 1.33 bits per heavy atom. The maximum absolute atomic E-state index is 13.9. The van der Waals surface area contributed by atoms with Crippen LogP contribution in [0.25, 0.3) is 0 Å². The molecule has 2 rings (SSSR count). The fourth-order valence-corrected chi connectivity index (χ4v) is 4.99. The van der Waals surface area contributed by atoms with Crippen molar-refractivity contribution in [2.24, 2.45) is 0 Å². The highest BCUT2D eigenvalue weighted by Gasteiger charge is 2.29. The predicted molar refractivity (Wildman–Crippen MR) is 76.3 cm³/mol. The average molecular weight is 289 g/mol. The van der Waals surface area contributed by atoms with Crippen LogP contribution >= 0.6 is 23.5 Å². The van der Waals surface area contributed by atoms with Crippen molar-refractivity contribution in [2.75, 3.05) is 23.8 Å². The second kappa shape index (κ2) is 6.78. The van der Waals surface area contributed by atoms with Crippen molar-refractivity contribution >= 4 is 23.5 Å². The SMILES string of the molecule is CCNC(c1c(F)cccc1F)C1CSCCS1. The van der Waals surface area contributed by atoms with Crippen molar-refractivity contribution in [1.29, 1.82) is 0 Å². The summed E-state index contributed by atoms with van der Waals surface area (Å²) in [4.78, 5) is 0. The lowest BCUT2D eigenvalue weighted by molar-refractivity contribution is 0.474. The van der Waals surface area contributed by atoms with Gasteiger partial charge in [0.25, 0.3) is 0 Å². The second-order valence-electron chi connectivity index (χ2n) is 4.15. The number of thioether (sulfide) groups is 2. The molecule has 2 atom stereocenters. The lowest BCUT2D eigenvalue weighted by atomic mass is 10.0. The zero-order valence-corrected chi connectivity index (χ0v) is 11.9. The van der Waals surface area contributed by atoms with Gasteiger partial charge in [-0.05, 0) is 18.7 Å². The summed E-state index contributed by atoms with van der Waals surface area (Å²) in [7, 11) is 0. The van der Waals surface area contributed by atoms with E-state index in [1.54, 1.807) is 11.8 Å². The molecule has 0 amide bonds. The van der Waals surface area contributed by atoms with Gasteiger partial charge in [0.05, 0.1) is 6.04 Å². The van der Waals surface area contributed by atoms with Crippen LogP contribution in [0, 0.1) is 11.6 Å². The molecular formula is C13H17F2NS2. The fraction of sp³-hybridized carbons (Fsp3) is 0.538. The second-order valence-corrected chi connectivity index (χ2v) is 6.65.